The van der Waals surface area contributed by atoms with Gasteiger partial charge in [-0.25, -0.2) is 4.79 Å². The van der Waals surface area contributed by atoms with Gasteiger partial charge in [-0.05, 0) is 47.2 Å². The van der Waals surface area contributed by atoms with E-state index in [1.54, 1.807) is 0 Å². The van der Waals surface area contributed by atoms with Crippen molar-refractivity contribution in [1.29, 1.82) is 0 Å². The number of carbonyl (C=O) groups is 1. The molecule has 0 unspecified atom stereocenters. The lowest BCUT2D eigenvalue weighted by atomic mass is 9.87. The first-order valence-corrected chi connectivity index (χ1v) is 8.75. The van der Waals surface area contributed by atoms with E-state index < -0.39 is 0 Å². The minimum atomic E-state index is -0.227. The standard InChI is InChI=1S/C21H28N2O2/c1-5-16-7-6-8-19(15-16)25-14-13-22-20(24)23-18-11-9-17(10-12-18)21(2,3)4/h6-12,15H,5,13-14H2,1-4H3,(H2,22,23,24). The molecule has 0 radical (unpaired) electrons. The summed E-state index contributed by atoms with van der Waals surface area (Å²) < 4.78 is 5.66. The molecule has 0 heterocycles. The van der Waals surface area contributed by atoms with Gasteiger partial charge in [0.2, 0.25) is 0 Å². The fourth-order valence-electron chi connectivity index (χ4n) is 2.42. The van der Waals surface area contributed by atoms with Crippen LogP contribution in [-0.4, -0.2) is 19.2 Å². The van der Waals surface area contributed by atoms with Crippen molar-refractivity contribution in [2.24, 2.45) is 0 Å². The third-order valence-electron chi connectivity index (χ3n) is 3.97. The SMILES string of the molecule is CCc1cccc(OCCNC(=O)Nc2ccc(C(C)(C)C)cc2)c1. The molecule has 0 aromatic heterocycles. The first kappa shape index (κ1) is 18.8. The summed E-state index contributed by atoms with van der Waals surface area (Å²) in [4.78, 5) is 11.9. The molecule has 0 aliphatic heterocycles. The number of urea groups is 1. The number of hydrogen-bond acceptors (Lipinski definition) is 2. The molecular weight excluding hydrogens is 312 g/mol. The zero-order valence-electron chi connectivity index (χ0n) is 15.6. The monoisotopic (exact) mass is 340 g/mol. The molecule has 0 saturated carbocycles. The normalized spacial score (nSPS) is 11.0. The van der Waals surface area contributed by atoms with Crippen molar-refractivity contribution in [3.63, 3.8) is 0 Å². The summed E-state index contributed by atoms with van der Waals surface area (Å²) in [7, 11) is 0. The van der Waals surface area contributed by atoms with Gasteiger partial charge in [-0.2, -0.15) is 0 Å². The minimum Gasteiger partial charge on any atom is -0.492 e. The van der Waals surface area contributed by atoms with E-state index in [0.29, 0.717) is 13.2 Å². The van der Waals surface area contributed by atoms with Crippen LogP contribution < -0.4 is 15.4 Å². The van der Waals surface area contributed by atoms with Crippen LogP contribution in [0.4, 0.5) is 10.5 Å². The number of ether oxygens (including phenoxy) is 1. The van der Waals surface area contributed by atoms with Gasteiger partial charge in [0.1, 0.15) is 12.4 Å². The van der Waals surface area contributed by atoms with Gasteiger partial charge < -0.3 is 15.4 Å². The number of anilines is 1. The fraction of sp³-hybridized carbons (Fsp3) is 0.381. The topological polar surface area (TPSA) is 50.4 Å². The summed E-state index contributed by atoms with van der Waals surface area (Å²) in [6.45, 7) is 9.49. The lowest BCUT2D eigenvalue weighted by Crippen LogP contribution is -2.32. The lowest BCUT2D eigenvalue weighted by molar-refractivity contribution is 0.247. The van der Waals surface area contributed by atoms with Crippen LogP contribution in [0.5, 0.6) is 5.75 Å². The molecule has 2 aromatic carbocycles. The van der Waals surface area contributed by atoms with E-state index in [9.17, 15) is 4.79 Å². The van der Waals surface area contributed by atoms with E-state index in [2.05, 4.69) is 44.4 Å². The number of nitrogens with one attached hydrogen (secondary N) is 2. The molecule has 25 heavy (non-hydrogen) atoms. The molecule has 2 aromatic rings. The van der Waals surface area contributed by atoms with Crippen molar-refractivity contribution >= 4 is 11.7 Å². The molecule has 0 atom stereocenters. The molecule has 4 heteroatoms. The summed E-state index contributed by atoms with van der Waals surface area (Å²) in [6, 6.07) is 15.7. The van der Waals surface area contributed by atoms with E-state index in [0.717, 1.165) is 17.9 Å². The zero-order valence-corrected chi connectivity index (χ0v) is 15.6. The van der Waals surface area contributed by atoms with Crippen molar-refractivity contribution < 1.29 is 9.53 Å². The number of carbonyl (C=O) groups excluding carboxylic acids is 1. The molecule has 2 amide bonds. The zero-order chi connectivity index (χ0) is 18.3. The number of rotatable bonds is 6. The molecule has 4 nitrogen and oxygen atoms in total. The molecule has 0 aliphatic rings. The Balaban J connectivity index is 1.73. The van der Waals surface area contributed by atoms with Crippen LogP contribution in [-0.2, 0) is 11.8 Å². The highest BCUT2D eigenvalue weighted by Crippen LogP contribution is 2.23. The predicted molar refractivity (Wildman–Crippen MR) is 103 cm³/mol. The van der Waals surface area contributed by atoms with Crippen molar-refractivity contribution in [1.82, 2.24) is 5.32 Å². The maximum atomic E-state index is 11.9. The lowest BCUT2D eigenvalue weighted by Gasteiger charge is -2.19. The summed E-state index contributed by atoms with van der Waals surface area (Å²) in [5.41, 5.74) is 3.36. The van der Waals surface area contributed by atoms with Crippen LogP contribution in [0.2, 0.25) is 0 Å². The van der Waals surface area contributed by atoms with Crippen LogP contribution >= 0.6 is 0 Å². The van der Waals surface area contributed by atoms with E-state index in [-0.39, 0.29) is 11.4 Å². The second-order valence-electron chi connectivity index (χ2n) is 7.06. The highest BCUT2D eigenvalue weighted by Gasteiger charge is 2.13. The molecule has 0 saturated heterocycles. The summed E-state index contributed by atoms with van der Waals surface area (Å²) in [6.07, 6.45) is 0.978. The Morgan fingerprint density at radius 1 is 1.08 bits per heavy atom. The summed E-state index contributed by atoms with van der Waals surface area (Å²) in [5, 5.41) is 5.63. The Labute approximate surface area is 150 Å². The van der Waals surface area contributed by atoms with E-state index in [1.165, 1.54) is 11.1 Å². The van der Waals surface area contributed by atoms with Crippen molar-refractivity contribution in [2.75, 3.05) is 18.5 Å². The van der Waals surface area contributed by atoms with Gasteiger partial charge >= 0.3 is 6.03 Å². The fourth-order valence-corrected chi connectivity index (χ4v) is 2.42. The van der Waals surface area contributed by atoms with Crippen molar-refractivity contribution in [3.05, 3.63) is 59.7 Å². The maximum Gasteiger partial charge on any atom is 0.319 e. The summed E-state index contributed by atoms with van der Waals surface area (Å²) >= 11 is 0. The van der Waals surface area contributed by atoms with Gasteiger partial charge in [-0.1, -0.05) is 52.0 Å². The smallest absolute Gasteiger partial charge is 0.319 e. The van der Waals surface area contributed by atoms with Crippen LogP contribution in [0.1, 0.15) is 38.8 Å². The van der Waals surface area contributed by atoms with Crippen molar-refractivity contribution in [3.8, 4) is 5.75 Å². The Kier molecular flexibility index (Phi) is 6.45. The average molecular weight is 340 g/mol. The first-order valence-electron chi connectivity index (χ1n) is 8.75. The highest BCUT2D eigenvalue weighted by molar-refractivity contribution is 5.89. The van der Waals surface area contributed by atoms with Gasteiger partial charge in [-0.15, -0.1) is 0 Å². The predicted octanol–water partition coefficient (Wildman–Crippen LogP) is 4.75. The number of amides is 2. The molecule has 2 rings (SSSR count). The second kappa shape index (κ2) is 8.56. The van der Waals surface area contributed by atoms with E-state index in [4.69, 9.17) is 4.74 Å². The average Bonchev–Trinajstić information content (AvgIpc) is 2.58. The Morgan fingerprint density at radius 2 is 1.80 bits per heavy atom. The molecule has 0 bridgehead atoms. The third-order valence-corrected chi connectivity index (χ3v) is 3.97. The Bertz CT molecular complexity index is 688. The van der Waals surface area contributed by atoms with Gasteiger partial charge in [0.05, 0.1) is 6.54 Å². The van der Waals surface area contributed by atoms with Gasteiger partial charge in [0, 0.05) is 5.69 Å². The van der Waals surface area contributed by atoms with Gasteiger partial charge in [-0.3, -0.25) is 0 Å². The number of hydrogen-bond donors (Lipinski definition) is 2. The second-order valence-corrected chi connectivity index (χ2v) is 7.06. The molecule has 0 aliphatic carbocycles. The molecule has 0 fully saturated rings. The van der Waals surface area contributed by atoms with Crippen LogP contribution in [0.15, 0.2) is 48.5 Å². The molecular formula is C21H28N2O2. The summed E-state index contributed by atoms with van der Waals surface area (Å²) in [5.74, 6) is 0.833. The number of benzene rings is 2. The van der Waals surface area contributed by atoms with Crippen LogP contribution in [0.25, 0.3) is 0 Å². The van der Waals surface area contributed by atoms with Gasteiger partial charge in [0.15, 0.2) is 0 Å². The van der Waals surface area contributed by atoms with Gasteiger partial charge in [0.25, 0.3) is 0 Å². The van der Waals surface area contributed by atoms with Crippen LogP contribution in [0, 0.1) is 0 Å². The molecule has 0 spiro atoms. The largest absolute Gasteiger partial charge is 0.492 e. The number of aryl methyl sites for hydroxylation is 1. The molecule has 2 N–H and O–H groups in total. The van der Waals surface area contributed by atoms with Crippen molar-refractivity contribution in [2.45, 2.75) is 39.5 Å². The highest BCUT2D eigenvalue weighted by atomic mass is 16.5. The van der Waals surface area contributed by atoms with E-state index >= 15 is 0 Å². The maximum absolute atomic E-state index is 11.9. The third kappa shape index (κ3) is 6.14. The molecule has 134 valence electrons. The van der Waals surface area contributed by atoms with Crippen LogP contribution in [0.3, 0.4) is 0 Å². The Morgan fingerprint density at radius 3 is 2.44 bits per heavy atom. The first-order chi connectivity index (χ1) is 11.9. The van der Waals surface area contributed by atoms with E-state index in [1.807, 2.05) is 42.5 Å². The Hall–Kier alpha value is -2.49. The quantitative estimate of drug-likeness (QED) is 0.746. The minimum absolute atomic E-state index is 0.104.